The lowest BCUT2D eigenvalue weighted by atomic mass is 9.85. The summed E-state index contributed by atoms with van der Waals surface area (Å²) < 4.78 is 5.66. The summed E-state index contributed by atoms with van der Waals surface area (Å²) in [6, 6.07) is 5.72. The van der Waals surface area contributed by atoms with Crippen LogP contribution in [0.3, 0.4) is 0 Å². The molecule has 0 saturated heterocycles. The molecule has 1 fully saturated rings. The van der Waals surface area contributed by atoms with E-state index < -0.39 is 0 Å². The lowest BCUT2D eigenvalue weighted by Crippen LogP contribution is -2.35. The number of hydrogen-bond donors (Lipinski definition) is 1. The third-order valence-corrected chi connectivity index (χ3v) is 4.01. The number of para-hydroxylation sites is 1. The number of nitrogens with one attached hydrogen (secondary N) is 1. The van der Waals surface area contributed by atoms with E-state index in [0.717, 1.165) is 18.8 Å². The highest BCUT2D eigenvalue weighted by molar-refractivity contribution is 5.98. The van der Waals surface area contributed by atoms with E-state index in [1.165, 1.54) is 19.3 Å². The maximum Gasteiger partial charge on any atom is 0.257 e. The van der Waals surface area contributed by atoms with E-state index in [2.05, 4.69) is 5.32 Å². The molecule has 19 heavy (non-hydrogen) atoms. The highest BCUT2D eigenvalue weighted by atomic mass is 16.5. The molecule has 1 N–H and O–H groups in total. The van der Waals surface area contributed by atoms with Crippen LogP contribution >= 0.6 is 0 Å². The minimum Gasteiger partial charge on any atom is -0.489 e. The van der Waals surface area contributed by atoms with Crippen molar-refractivity contribution in [2.45, 2.75) is 19.3 Å². The molecule has 3 rings (SSSR count). The van der Waals surface area contributed by atoms with Crippen molar-refractivity contribution in [3.63, 3.8) is 0 Å². The van der Waals surface area contributed by atoms with Gasteiger partial charge in [0.25, 0.3) is 5.91 Å². The van der Waals surface area contributed by atoms with Crippen LogP contribution in [0.2, 0.25) is 0 Å². The van der Waals surface area contributed by atoms with E-state index in [9.17, 15) is 4.79 Å². The molecule has 1 amide bonds. The number of anilines is 1. The van der Waals surface area contributed by atoms with E-state index in [4.69, 9.17) is 4.74 Å². The fraction of sp³-hybridized carbons (Fsp3) is 0.533. The van der Waals surface area contributed by atoms with Crippen molar-refractivity contribution >= 4 is 11.6 Å². The molecule has 0 radical (unpaired) electrons. The molecule has 4 nitrogen and oxygen atoms in total. The zero-order valence-electron chi connectivity index (χ0n) is 11.3. The highest BCUT2D eigenvalue weighted by Crippen LogP contribution is 2.33. The summed E-state index contributed by atoms with van der Waals surface area (Å²) >= 11 is 0. The molecule has 1 aromatic rings. The molecule has 1 heterocycles. The number of amides is 1. The predicted molar refractivity (Wildman–Crippen MR) is 74.7 cm³/mol. The first-order chi connectivity index (χ1) is 9.25. The quantitative estimate of drug-likeness (QED) is 0.907. The Balaban J connectivity index is 1.78. The first kappa shape index (κ1) is 12.3. The molecule has 0 atom stereocenters. The Hall–Kier alpha value is -1.71. The summed E-state index contributed by atoms with van der Waals surface area (Å²) in [7, 11) is 1.89. The van der Waals surface area contributed by atoms with E-state index in [-0.39, 0.29) is 5.91 Å². The van der Waals surface area contributed by atoms with Crippen LogP contribution in [-0.2, 0) is 0 Å². The van der Waals surface area contributed by atoms with Gasteiger partial charge in [-0.3, -0.25) is 4.79 Å². The normalized spacial score (nSPS) is 17.7. The van der Waals surface area contributed by atoms with Crippen LogP contribution in [-0.4, -0.2) is 37.6 Å². The first-order valence-electron chi connectivity index (χ1n) is 7.01. The van der Waals surface area contributed by atoms with Gasteiger partial charge in [0.2, 0.25) is 0 Å². The maximum atomic E-state index is 12.5. The van der Waals surface area contributed by atoms with Crippen molar-refractivity contribution in [1.29, 1.82) is 0 Å². The molecular weight excluding hydrogens is 240 g/mol. The molecule has 0 bridgehead atoms. The molecule has 102 valence electrons. The van der Waals surface area contributed by atoms with Gasteiger partial charge >= 0.3 is 0 Å². The number of carbonyl (C=O) groups is 1. The fourth-order valence-electron chi connectivity index (χ4n) is 2.69. The van der Waals surface area contributed by atoms with Crippen LogP contribution in [0.1, 0.15) is 29.6 Å². The highest BCUT2D eigenvalue weighted by Gasteiger charge is 2.25. The van der Waals surface area contributed by atoms with Crippen molar-refractivity contribution in [3.05, 3.63) is 23.8 Å². The molecular formula is C15H20N2O2. The second-order valence-corrected chi connectivity index (χ2v) is 5.44. The minimum atomic E-state index is 0.0625. The minimum absolute atomic E-state index is 0.0625. The van der Waals surface area contributed by atoms with E-state index in [1.54, 1.807) is 0 Å². The molecule has 1 saturated carbocycles. The zero-order valence-corrected chi connectivity index (χ0v) is 11.3. The zero-order chi connectivity index (χ0) is 13.2. The van der Waals surface area contributed by atoms with Gasteiger partial charge in [0, 0.05) is 20.1 Å². The Labute approximate surface area is 113 Å². The number of benzene rings is 1. The summed E-state index contributed by atoms with van der Waals surface area (Å²) in [5, 5.41) is 3.26. The van der Waals surface area contributed by atoms with Crippen molar-refractivity contribution in [2.75, 3.05) is 32.1 Å². The second-order valence-electron chi connectivity index (χ2n) is 5.44. The molecule has 0 spiro atoms. The van der Waals surface area contributed by atoms with Gasteiger partial charge < -0.3 is 15.0 Å². The Morgan fingerprint density at radius 3 is 3.05 bits per heavy atom. The number of nitrogens with zero attached hydrogens (tertiary/aromatic N) is 1. The van der Waals surface area contributed by atoms with Gasteiger partial charge in [-0.2, -0.15) is 0 Å². The number of carbonyl (C=O) groups excluding carboxylic acids is 1. The number of ether oxygens (including phenoxy) is 1. The Kier molecular flexibility index (Phi) is 3.32. The molecule has 0 unspecified atom stereocenters. The van der Waals surface area contributed by atoms with Crippen LogP contribution in [0.4, 0.5) is 5.69 Å². The van der Waals surface area contributed by atoms with Crippen LogP contribution < -0.4 is 10.1 Å². The van der Waals surface area contributed by atoms with Gasteiger partial charge in [-0.15, -0.1) is 0 Å². The predicted octanol–water partition coefficient (Wildman–Crippen LogP) is 2.36. The Morgan fingerprint density at radius 1 is 1.47 bits per heavy atom. The van der Waals surface area contributed by atoms with E-state index >= 15 is 0 Å². The Bertz CT molecular complexity index is 483. The van der Waals surface area contributed by atoms with Crippen molar-refractivity contribution in [3.8, 4) is 5.75 Å². The van der Waals surface area contributed by atoms with Crippen LogP contribution in [0.25, 0.3) is 0 Å². The standard InChI is InChI=1S/C15H20N2O2/c1-17(10-11-4-2-5-11)15(18)12-6-3-7-13-14(12)19-9-8-16-13/h3,6-7,11,16H,2,4-5,8-10H2,1H3. The van der Waals surface area contributed by atoms with Gasteiger partial charge in [-0.1, -0.05) is 12.5 Å². The molecule has 1 aliphatic carbocycles. The van der Waals surface area contributed by atoms with Crippen LogP contribution in [0.5, 0.6) is 5.75 Å². The van der Waals surface area contributed by atoms with Gasteiger partial charge in [0.15, 0.2) is 5.75 Å². The van der Waals surface area contributed by atoms with Crippen LogP contribution in [0.15, 0.2) is 18.2 Å². The second kappa shape index (κ2) is 5.11. The maximum absolute atomic E-state index is 12.5. The fourth-order valence-corrected chi connectivity index (χ4v) is 2.69. The summed E-state index contributed by atoms with van der Waals surface area (Å²) in [4.78, 5) is 14.3. The molecule has 1 aromatic carbocycles. The van der Waals surface area contributed by atoms with Gasteiger partial charge in [-0.05, 0) is 30.9 Å². The van der Waals surface area contributed by atoms with Crippen molar-refractivity contribution in [2.24, 2.45) is 5.92 Å². The SMILES string of the molecule is CN(CC1CCC1)C(=O)c1cccc2c1OCCN2. The largest absolute Gasteiger partial charge is 0.489 e. The van der Waals surface area contributed by atoms with Crippen LogP contribution in [0, 0.1) is 5.92 Å². The number of fused-ring (bicyclic) bond motifs is 1. The Morgan fingerprint density at radius 2 is 2.32 bits per heavy atom. The number of hydrogen-bond acceptors (Lipinski definition) is 3. The first-order valence-corrected chi connectivity index (χ1v) is 7.01. The lowest BCUT2D eigenvalue weighted by molar-refractivity contribution is 0.0741. The molecule has 0 aromatic heterocycles. The number of rotatable bonds is 3. The third kappa shape index (κ3) is 2.39. The molecule has 2 aliphatic rings. The van der Waals surface area contributed by atoms with Crippen molar-refractivity contribution < 1.29 is 9.53 Å². The summed E-state index contributed by atoms with van der Waals surface area (Å²) in [6.07, 6.45) is 3.81. The topological polar surface area (TPSA) is 41.6 Å². The average molecular weight is 260 g/mol. The van der Waals surface area contributed by atoms with E-state index in [1.807, 2.05) is 30.1 Å². The van der Waals surface area contributed by atoms with Gasteiger partial charge in [-0.25, -0.2) is 0 Å². The van der Waals surface area contributed by atoms with Gasteiger partial charge in [0.1, 0.15) is 6.61 Å². The molecule has 1 aliphatic heterocycles. The monoisotopic (exact) mass is 260 g/mol. The van der Waals surface area contributed by atoms with Gasteiger partial charge in [0.05, 0.1) is 11.3 Å². The lowest BCUT2D eigenvalue weighted by Gasteiger charge is -2.31. The smallest absolute Gasteiger partial charge is 0.257 e. The summed E-state index contributed by atoms with van der Waals surface area (Å²) in [5.74, 6) is 1.46. The average Bonchev–Trinajstić information content (AvgIpc) is 2.41. The third-order valence-electron chi connectivity index (χ3n) is 4.01. The van der Waals surface area contributed by atoms with Crippen molar-refractivity contribution in [1.82, 2.24) is 4.90 Å². The summed E-state index contributed by atoms with van der Waals surface area (Å²) in [6.45, 7) is 2.27. The summed E-state index contributed by atoms with van der Waals surface area (Å²) in [5.41, 5.74) is 1.60. The van der Waals surface area contributed by atoms with E-state index in [0.29, 0.717) is 23.8 Å². The molecule has 4 heteroatoms.